The number of ether oxygens (including phenoxy) is 1. The number of nitrogens with one attached hydrogen (secondary N) is 2. The van der Waals surface area contributed by atoms with Crippen LogP contribution in [0.2, 0.25) is 10.0 Å². The lowest BCUT2D eigenvalue weighted by molar-refractivity contribution is 0.0659. The molecule has 0 aliphatic rings. The lowest BCUT2D eigenvalue weighted by atomic mass is 10.1. The number of halogens is 2. The fourth-order valence-corrected chi connectivity index (χ4v) is 2.11. The van der Waals surface area contributed by atoms with Crippen LogP contribution in [0.25, 0.3) is 0 Å². The lowest BCUT2D eigenvalue weighted by Gasteiger charge is -2.17. The molecule has 0 heterocycles. The summed E-state index contributed by atoms with van der Waals surface area (Å²) in [7, 11) is 1.48. The van der Waals surface area contributed by atoms with Crippen molar-refractivity contribution in [2.75, 3.05) is 20.3 Å². The van der Waals surface area contributed by atoms with Gasteiger partial charge < -0.3 is 20.5 Å². The normalized spacial score (nSPS) is 13.7. The van der Waals surface area contributed by atoms with Gasteiger partial charge in [-0.3, -0.25) is 0 Å². The zero-order valence-electron chi connectivity index (χ0n) is 11.3. The maximum Gasteiger partial charge on any atom is 0.315 e. The Labute approximate surface area is 128 Å². The Hall–Kier alpha value is -1.01. The Morgan fingerprint density at radius 2 is 2.15 bits per heavy atom. The number of amides is 2. The molecular weight excluding hydrogens is 303 g/mol. The van der Waals surface area contributed by atoms with Gasteiger partial charge in [0.05, 0.1) is 28.8 Å². The molecule has 0 aromatic heterocycles. The summed E-state index contributed by atoms with van der Waals surface area (Å²) in [5.74, 6) is 0. The van der Waals surface area contributed by atoms with Crippen LogP contribution in [-0.2, 0) is 4.74 Å². The van der Waals surface area contributed by atoms with Crippen LogP contribution >= 0.6 is 23.2 Å². The summed E-state index contributed by atoms with van der Waals surface area (Å²) in [5, 5.41) is 15.5. The van der Waals surface area contributed by atoms with Gasteiger partial charge in [0, 0.05) is 13.7 Å². The fourth-order valence-electron chi connectivity index (χ4n) is 1.64. The van der Waals surface area contributed by atoms with Crippen LogP contribution in [0.1, 0.15) is 18.5 Å². The Morgan fingerprint density at radius 3 is 2.80 bits per heavy atom. The van der Waals surface area contributed by atoms with Crippen molar-refractivity contribution in [1.82, 2.24) is 10.6 Å². The molecule has 0 fully saturated rings. The first-order valence-electron chi connectivity index (χ1n) is 6.11. The first-order chi connectivity index (χ1) is 9.45. The zero-order valence-corrected chi connectivity index (χ0v) is 12.8. The third kappa shape index (κ3) is 5.17. The largest absolute Gasteiger partial charge is 0.389 e. The molecule has 7 heteroatoms. The maximum absolute atomic E-state index is 11.7. The molecule has 0 bridgehead atoms. The number of aliphatic hydroxyl groups is 1. The summed E-state index contributed by atoms with van der Waals surface area (Å²) in [4.78, 5) is 11.7. The van der Waals surface area contributed by atoms with Gasteiger partial charge in [0.15, 0.2) is 0 Å². The highest BCUT2D eigenvalue weighted by Gasteiger charge is 2.14. The predicted molar refractivity (Wildman–Crippen MR) is 79.3 cm³/mol. The quantitative estimate of drug-likeness (QED) is 0.753. The molecule has 1 aromatic rings. The van der Waals surface area contributed by atoms with Crippen molar-refractivity contribution in [3.05, 3.63) is 33.8 Å². The monoisotopic (exact) mass is 320 g/mol. The molecule has 20 heavy (non-hydrogen) atoms. The van der Waals surface area contributed by atoms with Crippen LogP contribution in [0, 0.1) is 0 Å². The van der Waals surface area contributed by atoms with Gasteiger partial charge in [-0.05, 0) is 18.6 Å². The summed E-state index contributed by atoms with van der Waals surface area (Å²) in [5.41, 5.74) is 0.728. The SMILES string of the molecule is COCC(O)CNC(=O)NC(C)c1cccc(Cl)c1Cl. The van der Waals surface area contributed by atoms with E-state index in [2.05, 4.69) is 10.6 Å². The average Bonchev–Trinajstić information content (AvgIpc) is 2.40. The molecule has 0 saturated carbocycles. The van der Waals surface area contributed by atoms with E-state index in [9.17, 15) is 9.90 Å². The zero-order chi connectivity index (χ0) is 15.1. The van der Waals surface area contributed by atoms with Crippen LogP contribution in [0.4, 0.5) is 4.79 Å². The Kier molecular flexibility index (Phi) is 7.09. The molecule has 0 aliphatic heterocycles. The molecule has 2 unspecified atom stereocenters. The molecule has 0 radical (unpaired) electrons. The van der Waals surface area contributed by atoms with Crippen LogP contribution in [-0.4, -0.2) is 37.5 Å². The second kappa shape index (κ2) is 8.32. The van der Waals surface area contributed by atoms with E-state index in [1.54, 1.807) is 25.1 Å². The minimum atomic E-state index is -0.740. The van der Waals surface area contributed by atoms with Gasteiger partial charge >= 0.3 is 6.03 Å². The molecule has 2 atom stereocenters. The van der Waals surface area contributed by atoms with E-state index in [-0.39, 0.29) is 19.2 Å². The summed E-state index contributed by atoms with van der Waals surface area (Å²) in [6.45, 7) is 2.06. The Morgan fingerprint density at radius 1 is 1.45 bits per heavy atom. The van der Waals surface area contributed by atoms with Crippen molar-refractivity contribution in [2.24, 2.45) is 0 Å². The molecule has 2 amide bonds. The molecule has 1 aromatic carbocycles. The van der Waals surface area contributed by atoms with Crippen molar-refractivity contribution in [3.63, 3.8) is 0 Å². The lowest BCUT2D eigenvalue weighted by Crippen LogP contribution is -2.41. The van der Waals surface area contributed by atoms with E-state index < -0.39 is 12.1 Å². The number of rotatable bonds is 6. The van der Waals surface area contributed by atoms with Gasteiger partial charge in [0.2, 0.25) is 0 Å². The van der Waals surface area contributed by atoms with E-state index in [0.29, 0.717) is 10.0 Å². The van der Waals surface area contributed by atoms with Crippen LogP contribution in [0.15, 0.2) is 18.2 Å². The first-order valence-corrected chi connectivity index (χ1v) is 6.86. The first kappa shape index (κ1) is 17.0. The molecular formula is C13H18Cl2N2O3. The van der Waals surface area contributed by atoms with Crippen molar-refractivity contribution >= 4 is 29.2 Å². The number of hydrogen-bond donors (Lipinski definition) is 3. The van der Waals surface area contributed by atoms with Crippen molar-refractivity contribution < 1.29 is 14.6 Å². The molecule has 112 valence electrons. The van der Waals surface area contributed by atoms with Crippen LogP contribution in [0.3, 0.4) is 0 Å². The van der Waals surface area contributed by atoms with Crippen LogP contribution < -0.4 is 10.6 Å². The summed E-state index contributed by atoms with van der Waals surface area (Å²) >= 11 is 12.0. The number of carbonyl (C=O) groups excluding carboxylic acids is 1. The smallest absolute Gasteiger partial charge is 0.315 e. The van der Waals surface area contributed by atoms with Gasteiger partial charge in [-0.15, -0.1) is 0 Å². The topological polar surface area (TPSA) is 70.6 Å². The molecule has 5 nitrogen and oxygen atoms in total. The number of methoxy groups -OCH3 is 1. The Balaban J connectivity index is 2.51. The fraction of sp³-hybridized carbons (Fsp3) is 0.462. The van der Waals surface area contributed by atoms with Crippen LogP contribution in [0.5, 0.6) is 0 Å². The Bertz CT molecular complexity index is 457. The van der Waals surface area contributed by atoms with E-state index in [1.807, 2.05) is 0 Å². The average molecular weight is 321 g/mol. The van der Waals surface area contributed by atoms with Gasteiger partial charge in [-0.2, -0.15) is 0 Å². The maximum atomic E-state index is 11.7. The van der Waals surface area contributed by atoms with Gasteiger partial charge in [-0.25, -0.2) is 4.79 Å². The van der Waals surface area contributed by atoms with Crippen molar-refractivity contribution in [1.29, 1.82) is 0 Å². The number of carbonyl (C=O) groups is 1. The highest BCUT2D eigenvalue weighted by Crippen LogP contribution is 2.29. The second-order valence-electron chi connectivity index (χ2n) is 4.33. The predicted octanol–water partition coefficient (Wildman–Crippen LogP) is 2.36. The number of benzene rings is 1. The third-order valence-corrected chi connectivity index (χ3v) is 3.49. The minimum Gasteiger partial charge on any atom is -0.389 e. The third-order valence-electron chi connectivity index (χ3n) is 2.65. The van der Waals surface area contributed by atoms with E-state index in [0.717, 1.165) is 5.56 Å². The van der Waals surface area contributed by atoms with E-state index in [1.165, 1.54) is 7.11 Å². The number of aliphatic hydroxyl groups excluding tert-OH is 1. The molecule has 3 N–H and O–H groups in total. The minimum absolute atomic E-state index is 0.107. The highest BCUT2D eigenvalue weighted by molar-refractivity contribution is 6.42. The summed E-state index contributed by atoms with van der Waals surface area (Å²) < 4.78 is 4.76. The molecule has 0 aliphatic carbocycles. The summed E-state index contributed by atoms with van der Waals surface area (Å²) in [6, 6.07) is 4.53. The second-order valence-corrected chi connectivity index (χ2v) is 5.11. The molecule has 1 rings (SSSR count). The van der Waals surface area contributed by atoms with Crippen molar-refractivity contribution in [2.45, 2.75) is 19.1 Å². The molecule has 0 spiro atoms. The van der Waals surface area contributed by atoms with E-state index in [4.69, 9.17) is 27.9 Å². The standard InChI is InChI=1S/C13H18Cl2N2O3/c1-8(10-4-3-5-11(14)12(10)15)17-13(19)16-6-9(18)7-20-2/h3-5,8-9,18H,6-7H2,1-2H3,(H2,16,17,19). The van der Waals surface area contributed by atoms with Gasteiger partial charge in [0.1, 0.15) is 0 Å². The summed E-state index contributed by atoms with van der Waals surface area (Å²) in [6.07, 6.45) is -0.740. The van der Waals surface area contributed by atoms with Gasteiger partial charge in [0.25, 0.3) is 0 Å². The van der Waals surface area contributed by atoms with Crippen molar-refractivity contribution in [3.8, 4) is 0 Å². The molecule has 0 saturated heterocycles. The van der Waals surface area contributed by atoms with E-state index >= 15 is 0 Å². The number of urea groups is 1. The highest BCUT2D eigenvalue weighted by atomic mass is 35.5. The van der Waals surface area contributed by atoms with Gasteiger partial charge in [-0.1, -0.05) is 35.3 Å². The number of hydrogen-bond acceptors (Lipinski definition) is 3.